The molecule has 0 saturated carbocycles. The Morgan fingerprint density at radius 1 is 1.29 bits per heavy atom. The van der Waals surface area contributed by atoms with Gasteiger partial charge >= 0.3 is 0 Å². The molecule has 1 rings (SSSR count). The van der Waals surface area contributed by atoms with Gasteiger partial charge in [0.1, 0.15) is 0 Å². The lowest BCUT2D eigenvalue weighted by Crippen LogP contribution is -2.30. The molecule has 17 heavy (non-hydrogen) atoms. The second kappa shape index (κ2) is 6.82. The quantitative estimate of drug-likeness (QED) is 0.622. The molecule has 0 saturated heterocycles. The van der Waals surface area contributed by atoms with E-state index in [0.717, 1.165) is 12.1 Å². The molecule has 0 aliphatic heterocycles. The number of nitrogens with one attached hydrogen (secondary N) is 1. The molecule has 94 valence electrons. The number of carbonyl (C=O) groups is 1. The van der Waals surface area contributed by atoms with Crippen LogP contribution in [-0.2, 0) is 0 Å². The van der Waals surface area contributed by atoms with E-state index >= 15 is 0 Å². The summed E-state index contributed by atoms with van der Waals surface area (Å²) in [5.41, 5.74) is 0.816. The van der Waals surface area contributed by atoms with Crippen LogP contribution in [0.1, 0.15) is 24.2 Å². The Morgan fingerprint density at radius 2 is 1.88 bits per heavy atom. The maximum absolute atomic E-state index is 12.3. The third-order valence-corrected chi connectivity index (χ3v) is 3.68. The van der Waals surface area contributed by atoms with Crippen LogP contribution < -0.4 is 5.32 Å². The van der Waals surface area contributed by atoms with E-state index in [1.165, 1.54) is 4.90 Å². The summed E-state index contributed by atoms with van der Waals surface area (Å²) in [6.45, 7) is 4.92. The lowest BCUT2D eigenvalue weighted by atomic mass is 9.88. The van der Waals surface area contributed by atoms with Crippen LogP contribution in [0.2, 0.25) is 0 Å². The monoisotopic (exact) mass is 251 g/mol. The van der Waals surface area contributed by atoms with Gasteiger partial charge in [0.15, 0.2) is 5.78 Å². The Bertz CT molecular complexity index is 359. The van der Waals surface area contributed by atoms with Gasteiger partial charge in [0, 0.05) is 22.9 Å². The normalized spacial score (nSPS) is 12.8. The van der Waals surface area contributed by atoms with E-state index in [-0.39, 0.29) is 11.7 Å². The number of ketones is 1. The van der Waals surface area contributed by atoms with E-state index in [2.05, 4.69) is 19.2 Å². The van der Waals surface area contributed by atoms with E-state index in [4.69, 9.17) is 0 Å². The molecule has 0 aliphatic carbocycles. The zero-order chi connectivity index (χ0) is 12.8. The zero-order valence-corrected chi connectivity index (χ0v) is 11.8. The van der Waals surface area contributed by atoms with Crippen molar-refractivity contribution in [3.05, 3.63) is 29.8 Å². The van der Waals surface area contributed by atoms with Crippen LogP contribution in [0.4, 0.5) is 0 Å². The minimum Gasteiger partial charge on any atom is -0.319 e. The van der Waals surface area contributed by atoms with E-state index < -0.39 is 0 Å². The van der Waals surface area contributed by atoms with Crippen molar-refractivity contribution in [3.63, 3.8) is 0 Å². The first-order valence-electron chi connectivity index (χ1n) is 5.93. The molecule has 3 heteroatoms. The Hall–Kier alpha value is -0.800. The molecule has 1 unspecified atom stereocenters. The molecule has 0 spiro atoms. The van der Waals surface area contributed by atoms with Crippen LogP contribution >= 0.6 is 11.8 Å². The lowest BCUT2D eigenvalue weighted by molar-refractivity contribution is 0.0886. The van der Waals surface area contributed by atoms with Gasteiger partial charge in [-0.3, -0.25) is 4.79 Å². The fourth-order valence-electron chi connectivity index (χ4n) is 1.82. The first kappa shape index (κ1) is 14.3. The van der Waals surface area contributed by atoms with Gasteiger partial charge < -0.3 is 5.32 Å². The summed E-state index contributed by atoms with van der Waals surface area (Å²) in [6, 6.07) is 7.88. The van der Waals surface area contributed by atoms with Gasteiger partial charge in [-0.05, 0) is 31.4 Å². The fourth-order valence-corrected chi connectivity index (χ4v) is 2.23. The van der Waals surface area contributed by atoms with Crippen molar-refractivity contribution in [2.75, 3.05) is 19.8 Å². The van der Waals surface area contributed by atoms with Crippen LogP contribution in [0.15, 0.2) is 29.2 Å². The first-order valence-corrected chi connectivity index (χ1v) is 7.15. The van der Waals surface area contributed by atoms with Crippen molar-refractivity contribution in [2.45, 2.75) is 18.7 Å². The molecule has 0 radical (unpaired) electrons. The standard InChI is InChI=1S/C14H21NOS/c1-10(2)13(9-15-3)14(16)11-5-7-12(17-4)8-6-11/h5-8,10,13,15H,9H2,1-4H3. The average molecular weight is 251 g/mol. The van der Waals surface area contributed by atoms with Gasteiger partial charge in [0.25, 0.3) is 0 Å². The van der Waals surface area contributed by atoms with E-state index in [1.807, 2.05) is 37.6 Å². The Kier molecular flexibility index (Phi) is 5.72. The largest absolute Gasteiger partial charge is 0.319 e. The number of benzene rings is 1. The fraction of sp³-hybridized carbons (Fsp3) is 0.500. The molecule has 0 bridgehead atoms. The highest BCUT2D eigenvalue weighted by atomic mass is 32.2. The topological polar surface area (TPSA) is 29.1 Å². The summed E-state index contributed by atoms with van der Waals surface area (Å²) >= 11 is 1.69. The number of carbonyl (C=O) groups excluding carboxylic acids is 1. The van der Waals surface area contributed by atoms with Crippen molar-refractivity contribution in [3.8, 4) is 0 Å². The number of hydrogen-bond acceptors (Lipinski definition) is 3. The maximum atomic E-state index is 12.3. The van der Waals surface area contributed by atoms with Gasteiger partial charge in [-0.1, -0.05) is 26.0 Å². The van der Waals surface area contributed by atoms with E-state index in [9.17, 15) is 4.79 Å². The molecular formula is C14H21NOS. The smallest absolute Gasteiger partial charge is 0.167 e. The molecule has 1 atom stereocenters. The molecule has 0 aliphatic rings. The summed E-state index contributed by atoms with van der Waals surface area (Å²) in [5.74, 6) is 0.650. The second-order valence-electron chi connectivity index (χ2n) is 4.50. The predicted molar refractivity (Wildman–Crippen MR) is 74.8 cm³/mol. The zero-order valence-electron chi connectivity index (χ0n) is 11.0. The van der Waals surface area contributed by atoms with E-state index in [0.29, 0.717) is 5.92 Å². The van der Waals surface area contributed by atoms with E-state index in [1.54, 1.807) is 11.8 Å². The molecule has 1 aromatic rings. The lowest BCUT2D eigenvalue weighted by Gasteiger charge is -2.19. The minimum absolute atomic E-state index is 0.0557. The van der Waals surface area contributed by atoms with Gasteiger partial charge in [-0.2, -0.15) is 0 Å². The average Bonchev–Trinajstić information content (AvgIpc) is 2.35. The van der Waals surface area contributed by atoms with Gasteiger partial charge in [0.2, 0.25) is 0 Å². The van der Waals surface area contributed by atoms with Crippen LogP contribution in [-0.4, -0.2) is 25.6 Å². The summed E-state index contributed by atoms with van der Waals surface area (Å²) < 4.78 is 0. The molecule has 1 N–H and O–H groups in total. The summed E-state index contributed by atoms with van der Waals surface area (Å²) in [4.78, 5) is 13.5. The highest BCUT2D eigenvalue weighted by molar-refractivity contribution is 7.98. The Balaban J connectivity index is 2.85. The van der Waals surface area contributed by atoms with Gasteiger partial charge in [-0.25, -0.2) is 0 Å². The third-order valence-electron chi connectivity index (χ3n) is 2.94. The van der Waals surface area contributed by atoms with Gasteiger partial charge in [-0.15, -0.1) is 11.8 Å². The summed E-state index contributed by atoms with van der Waals surface area (Å²) in [6.07, 6.45) is 2.04. The molecule has 0 aromatic heterocycles. The first-order chi connectivity index (χ1) is 8.10. The molecule has 0 fully saturated rings. The van der Waals surface area contributed by atoms with Crippen molar-refractivity contribution in [1.82, 2.24) is 5.32 Å². The Labute approximate surface area is 108 Å². The minimum atomic E-state index is 0.0557. The number of Topliss-reactive ketones (excluding diaryl/α,β-unsaturated/α-hetero) is 1. The summed E-state index contributed by atoms with van der Waals surface area (Å²) in [7, 11) is 1.89. The number of thioether (sulfide) groups is 1. The second-order valence-corrected chi connectivity index (χ2v) is 5.38. The van der Waals surface area contributed by atoms with Crippen molar-refractivity contribution in [2.24, 2.45) is 11.8 Å². The van der Waals surface area contributed by atoms with Crippen LogP contribution in [0.5, 0.6) is 0 Å². The molecular weight excluding hydrogens is 230 g/mol. The van der Waals surface area contributed by atoms with Crippen LogP contribution in [0.25, 0.3) is 0 Å². The van der Waals surface area contributed by atoms with Crippen LogP contribution in [0.3, 0.4) is 0 Å². The van der Waals surface area contributed by atoms with Gasteiger partial charge in [0.05, 0.1) is 0 Å². The Morgan fingerprint density at radius 3 is 2.29 bits per heavy atom. The third kappa shape index (κ3) is 3.86. The SMILES string of the molecule is CNCC(C(=O)c1ccc(SC)cc1)C(C)C. The van der Waals surface area contributed by atoms with Crippen LogP contribution in [0, 0.1) is 11.8 Å². The highest BCUT2D eigenvalue weighted by Crippen LogP contribution is 2.20. The maximum Gasteiger partial charge on any atom is 0.167 e. The summed E-state index contributed by atoms with van der Waals surface area (Å²) in [5, 5.41) is 3.10. The molecule has 0 amide bonds. The number of hydrogen-bond donors (Lipinski definition) is 1. The number of rotatable bonds is 6. The molecule has 0 heterocycles. The van der Waals surface area contributed by atoms with Crippen molar-refractivity contribution < 1.29 is 4.79 Å². The van der Waals surface area contributed by atoms with Crippen molar-refractivity contribution in [1.29, 1.82) is 0 Å². The molecule has 1 aromatic carbocycles. The van der Waals surface area contributed by atoms with Crippen molar-refractivity contribution >= 4 is 17.5 Å². The molecule has 2 nitrogen and oxygen atoms in total. The highest BCUT2D eigenvalue weighted by Gasteiger charge is 2.22. The predicted octanol–water partition coefficient (Wildman–Crippen LogP) is 3.08.